The molecule has 1 heterocycles. The molecule has 0 saturated heterocycles. The number of sulfonamides is 1. The molecular formula is C20H23N5O4S. The molecule has 0 unspecified atom stereocenters. The molecule has 0 radical (unpaired) electrons. The first kappa shape index (κ1) is 21.5. The number of carbonyl (C=O) groups is 1. The van der Waals surface area contributed by atoms with Crippen molar-refractivity contribution in [1.82, 2.24) is 24.0 Å². The van der Waals surface area contributed by atoms with Gasteiger partial charge in [0.25, 0.3) is 5.91 Å². The molecule has 1 aromatic heterocycles. The van der Waals surface area contributed by atoms with Crippen molar-refractivity contribution in [2.75, 3.05) is 20.6 Å². The predicted molar refractivity (Wildman–Crippen MR) is 113 cm³/mol. The van der Waals surface area contributed by atoms with Gasteiger partial charge in [-0.25, -0.2) is 22.2 Å². The van der Waals surface area contributed by atoms with Crippen molar-refractivity contribution in [3.05, 3.63) is 70.6 Å². The van der Waals surface area contributed by atoms with E-state index in [4.69, 9.17) is 0 Å². The Morgan fingerprint density at radius 2 is 1.70 bits per heavy atom. The average Bonchev–Trinajstić information content (AvgIpc) is 3.03. The summed E-state index contributed by atoms with van der Waals surface area (Å²) >= 11 is 0. The fourth-order valence-electron chi connectivity index (χ4n) is 2.84. The monoisotopic (exact) mass is 429 g/mol. The zero-order valence-corrected chi connectivity index (χ0v) is 17.8. The maximum atomic E-state index is 12.4. The van der Waals surface area contributed by atoms with E-state index in [2.05, 4.69) is 10.4 Å². The number of nitrogens with one attached hydrogen (secondary N) is 1. The van der Waals surface area contributed by atoms with E-state index in [0.717, 1.165) is 9.87 Å². The molecule has 9 nitrogen and oxygen atoms in total. The first-order valence-corrected chi connectivity index (χ1v) is 10.7. The summed E-state index contributed by atoms with van der Waals surface area (Å²) in [7, 11) is 0.986. The number of amides is 1. The minimum atomic E-state index is -3.55. The third-order valence-corrected chi connectivity index (χ3v) is 6.41. The van der Waals surface area contributed by atoms with Crippen LogP contribution in [0.4, 0.5) is 0 Å². The molecule has 1 amide bonds. The molecule has 3 aromatic rings. The van der Waals surface area contributed by atoms with E-state index < -0.39 is 10.0 Å². The van der Waals surface area contributed by atoms with Crippen LogP contribution >= 0.6 is 0 Å². The lowest BCUT2D eigenvalue weighted by molar-refractivity contribution is 0.0951. The Hall–Kier alpha value is -3.24. The Morgan fingerprint density at radius 1 is 1.07 bits per heavy atom. The quantitative estimate of drug-likeness (QED) is 0.601. The average molecular weight is 430 g/mol. The second-order valence-electron chi connectivity index (χ2n) is 6.82. The van der Waals surface area contributed by atoms with Crippen molar-refractivity contribution in [3.63, 3.8) is 0 Å². The van der Waals surface area contributed by atoms with Crippen LogP contribution in [0.15, 0.2) is 64.3 Å². The highest BCUT2D eigenvalue weighted by molar-refractivity contribution is 7.89. The molecule has 0 fully saturated rings. The van der Waals surface area contributed by atoms with Gasteiger partial charge in [0.1, 0.15) is 0 Å². The van der Waals surface area contributed by atoms with Gasteiger partial charge in [-0.05, 0) is 24.3 Å². The van der Waals surface area contributed by atoms with E-state index >= 15 is 0 Å². The Morgan fingerprint density at radius 3 is 2.30 bits per heavy atom. The van der Waals surface area contributed by atoms with Gasteiger partial charge in [-0.2, -0.15) is 0 Å². The molecule has 2 aromatic carbocycles. The van der Waals surface area contributed by atoms with Crippen LogP contribution in [0.2, 0.25) is 0 Å². The summed E-state index contributed by atoms with van der Waals surface area (Å²) in [6, 6.07) is 15.0. The normalized spacial score (nSPS) is 11.6. The van der Waals surface area contributed by atoms with Crippen molar-refractivity contribution >= 4 is 15.9 Å². The molecule has 30 heavy (non-hydrogen) atoms. The van der Waals surface area contributed by atoms with Crippen molar-refractivity contribution in [1.29, 1.82) is 0 Å². The summed E-state index contributed by atoms with van der Waals surface area (Å²) in [5, 5.41) is 7.07. The topological polar surface area (TPSA) is 106 Å². The number of carbonyl (C=O) groups excluding carboxylic acids is 1. The Balaban J connectivity index is 1.65. The van der Waals surface area contributed by atoms with E-state index in [-0.39, 0.29) is 29.6 Å². The number of benzene rings is 2. The van der Waals surface area contributed by atoms with Crippen molar-refractivity contribution in [2.45, 2.75) is 11.4 Å². The summed E-state index contributed by atoms with van der Waals surface area (Å²) in [6.07, 6.45) is 0. The van der Waals surface area contributed by atoms with Gasteiger partial charge in [0.15, 0.2) is 5.82 Å². The molecule has 0 bridgehead atoms. The van der Waals surface area contributed by atoms with E-state index in [1.807, 2.05) is 30.3 Å². The number of hydrogen-bond acceptors (Lipinski definition) is 5. The van der Waals surface area contributed by atoms with E-state index in [9.17, 15) is 18.0 Å². The maximum Gasteiger partial charge on any atom is 0.345 e. The molecule has 10 heteroatoms. The minimum absolute atomic E-state index is 0.109. The predicted octanol–water partition coefficient (Wildman–Crippen LogP) is 0.929. The molecule has 3 rings (SSSR count). The smallest absolute Gasteiger partial charge is 0.345 e. The highest BCUT2D eigenvalue weighted by Gasteiger charge is 2.17. The number of rotatable bonds is 7. The van der Waals surface area contributed by atoms with Gasteiger partial charge in [-0.1, -0.05) is 30.3 Å². The van der Waals surface area contributed by atoms with E-state index in [1.165, 1.54) is 47.6 Å². The lowest BCUT2D eigenvalue weighted by Gasteiger charge is -2.11. The lowest BCUT2D eigenvalue weighted by Crippen LogP contribution is -2.31. The van der Waals surface area contributed by atoms with Crippen molar-refractivity contribution in [3.8, 4) is 11.4 Å². The van der Waals surface area contributed by atoms with Crippen LogP contribution < -0.4 is 11.0 Å². The van der Waals surface area contributed by atoms with Gasteiger partial charge in [-0.15, -0.1) is 5.10 Å². The van der Waals surface area contributed by atoms with Crippen LogP contribution in [0.5, 0.6) is 0 Å². The Bertz CT molecular complexity index is 1200. The Kier molecular flexibility index (Phi) is 6.18. The van der Waals surface area contributed by atoms with Gasteiger partial charge in [0.2, 0.25) is 10.0 Å². The molecule has 158 valence electrons. The fourth-order valence-corrected chi connectivity index (χ4v) is 3.74. The minimum Gasteiger partial charge on any atom is -0.350 e. The molecule has 0 aliphatic rings. The van der Waals surface area contributed by atoms with Crippen LogP contribution in [-0.2, 0) is 23.6 Å². The maximum absolute atomic E-state index is 12.4. The number of aromatic nitrogens is 3. The van der Waals surface area contributed by atoms with E-state index in [1.54, 1.807) is 7.05 Å². The van der Waals surface area contributed by atoms with Crippen LogP contribution in [0.3, 0.4) is 0 Å². The highest BCUT2D eigenvalue weighted by Crippen LogP contribution is 2.15. The van der Waals surface area contributed by atoms with Gasteiger partial charge >= 0.3 is 5.69 Å². The van der Waals surface area contributed by atoms with Crippen LogP contribution in [0, 0.1) is 0 Å². The van der Waals surface area contributed by atoms with Crippen molar-refractivity contribution in [2.24, 2.45) is 7.05 Å². The third-order valence-electron chi connectivity index (χ3n) is 4.58. The fraction of sp³-hybridized carbons (Fsp3) is 0.250. The zero-order chi connectivity index (χ0) is 21.9. The van der Waals surface area contributed by atoms with Crippen LogP contribution in [0.1, 0.15) is 10.4 Å². The molecule has 0 aliphatic carbocycles. The first-order valence-electron chi connectivity index (χ1n) is 9.22. The van der Waals surface area contributed by atoms with Crippen LogP contribution in [0.25, 0.3) is 11.4 Å². The summed E-state index contributed by atoms with van der Waals surface area (Å²) in [5.74, 6) is 0.181. The largest absolute Gasteiger partial charge is 0.350 e. The molecule has 1 N–H and O–H groups in total. The second kappa shape index (κ2) is 8.64. The first-order chi connectivity index (χ1) is 14.2. The van der Waals surface area contributed by atoms with Gasteiger partial charge in [0.05, 0.1) is 11.4 Å². The summed E-state index contributed by atoms with van der Waals surface area (Å²) in [4.78, 5) is 24.8. The van der Waals surface area contributed by atoms with E-state index in [0.29, 0.717) is 11.4 Å². The third kappa shape index (κ3) is 4.34. The summed E-state index contributed by atoms with van der Waals surface area (Å²) in [5.41, 5.74) is 0.875. The SMILES string of the molecule is CN(C)S(=O)(=O)c1ccc(C(=O)NCCn2nc(-c3ccccc3)n(C)c2=O)cc1. The Labute approximate surface area is 174 Å². The number of nitrogens with zero attached hydrogens (tertiary/aromatic N) is 4. The van der Waals surface area contributed by atoms with Gasteiger partial charge in [0, 0.05) is 38.8 Å². The number of hydrogen-bond donors (Lipinski definition) is 1. The standard InChI is InChI=1S/C20H23N5O4S/c1-23(2)30(28,29)17-11-9-16(10-12-17)19(26)21-13-14-25-20(27)24(3)18(22-25)15-7-5-4-6-8-15/h4-12H,13-14H2,1-3H3,(H,21,26). The molecule has 0 spiro atoms. The molecule has 0 saturated carbocycles. The van der Waals surface area contributed by atoms with Gasteiger partial charge < -0.3 is 5.32 Å². The summed E-state index contributed by atoms with van der Waals surface area (Å²) < 4.78 is 28.0. The van der Waals surface area contributed by atoms with Gasteiger partial charge in [-0.3, -0.25) is 9.36 Å². The zero-order valence-electron chi connectivity index (χ0n) is 16.9. The van der Waals surface area contributed by atoms with Crippen LogP contribution in [-0.4, -0.2) is 53.6 Å². The highest BCUT2D eigenvalue weighted by atomic mass is 32.2. The lowest BCUT2D eigenvalue weighted by atomic mass is 10.2. The molecular weight excluding hydrogens is 406 g/mol. The van der Waals surface area contributed by atoms with Crippen molar-refractivity contribution < 1.29 is 13.2 Å². The summed E-state index contributed by atoms with van der Waals surface area (Å²) in [6.45, 7) is 0.403. The molecule has 0 aliphatic heterocycles. The second-order valence-corrected chi connectivity index (χ2v) is 8.97. The molecule has 0 atom stereocenters.